The SMILES string of the molecule is CC(NC(=O)[C@H](C)N=C1NS(=O)(=O)c2ccccc21)c1cccc(OCc2ccccn2)c1. The van der Waals surface area contributed by atoms with Crippen molar-refractivity contribution in [1.82, 2.24) is 15.0 Å². The van der Waals surface area contributed by atoms with E-state index in [2.05, 4.69) is 20.0 Å². The first-order valence-electron chi connectivity index (χ1n) is 10.5. The molecule has 0 aliphatic carbocycles. The summed E-state index contributed by atoms with van der Waals surface area (Å²) < 4.78 is 32.7. The van der Waals surface area contributed by atoms with Crippen LogP contribution in [0.1, 0.15) is 36.7 Å². The summed E-state index contributed by atoms with van der Waals surface area (Å²) in [4.78, 5) is 21.5. The second-order valence-electron chi connectivity index (χ2n) is 7.67. The van der Waals surface area contributed by atoms with Gasteiger partial charge in [0.25, 0.3) is 10.0 Å². The van der Waals surface area contributed by atoms with Gasteiger partial charge >= 0.3 is 0 Å². The number of sulfonamides is 1. The molecule has 1 aromatic heterocycles. The number of pyridine rings is 1. The summed E-state index contributed by atoms with van der Waals surface area (Å²) in [5.41, 5.74) is 2.15. The van der Waals surface area contributed by atoms with E-state index in [0.29, 0.717) is 17.9 Å². The number of aromatic nitrogens is 1. The van der Waals surface area contributed by atoms with E-state index in [1.807, 2.05) is 49.4 Å². The van der Waals surface area contributed by atoms with Crippen LogP contribution in [0.3, 0.4) is 0 Å². The van der Waals surface area contributed by atoms with Gasteiger partial charge in [-0.05, 0) is 55.8 Å². The Morgan fingerprint density at radius 3 is 2.67 bits per heavy atom. The van der Waals surface area contributed by atoms with Gasteiger partial charge in [-0.3, -0.25) is 19.5 Å². The van der Waals surface area contributed by atoms with Crippen molar-refractivity contribution in [1.29, 1.82) is 0 Å². The zero-order chi connectivity index (χ0) is 23.4. The van der Waals surface area contributed by atoms with Crippen LogP contribution in [0.5, 0.6) is 5.75 Å². The van der Waals surface area contributed by atoms with E-state index < -0.39 is 16.1 Å². The number of aliphatic imine (C=N–C) groups is 1. The Labute approximate surface area is 192 Å². The van der Waals surface area contributed by atoms with Crippen LogP contribution >= 0.6 is 0 Å². The molecule has 9 heteroatoms. The molecule has 2 aromatic carbocycles. The van der Waals surface area contributed by atoms with Gasteiger partial charge in [-0.15, -0.1) is 0 Å². The first-order valence-corrected chi connectivity index (χ1v) is 11.9. The van der Waals surface area contributed by atoms with E-state index in [9.17, 15) is 13.2 Å². The number of nitrogens with one attached hydrogen (secondary N) is 2. The predicted octanol–water partition coefficient (Wildman–Crippen LogP) is 2.97. The fraction of sp³-hybridized carbons (Fsp3) is 0.208. The van der Waals surface area contributed by atoms with Crippen LogP contribution in [0.15, 0.2) is 82.8 Å². The summed E-state index contributed by atoms with van der Waals surface area (Å²) >= 11 is 0. The van der Waals surface area contributed by atoms with E-state index in [-0.39, 0.29) is 22.7 Å². The Morgan fingerprint density at radius 2 is 1.88 bits per heavy atom. The molecule has 170 valence electrons. The van der Waals surface area contributed by atoms with Crippen molar-refractivity contribution in [3.63, 3.8) is 0 Å². The lowest BCUT2D eigenvalue weighted by Gasteiger charge is -2.17. The van der Waals surface area contributed by atoms with Crippen molar-refractivity contribution in [2.45, 2.75) is 37.4 Å². The number of carbonyl (C=O) groups excluding carboxylic acids is 1. The van der Waals surface area contributed by atoms with E-state index in [0.717, 1.165) is 11.3 Å². The quantitative estimate of drug-likeness (QED) is 0.559. The summed E-state index contributed by atoms with van der Waals surface area (Å²) in [6, 6.07) is 18.6. The van der Waals surface area contributed by atoms with Crippen molar-refractivity contribution in [3.8, 4) is 5.75 Å². The number of carbonyl (C=O) groups is 1. The van der Waals surface area contributed by atoms with Gasteiger partial charge < -0.3 is 10.1 Å². The van der Waals surface area contributed by atoms with E-state index in [1.165, 1.54) is 6.07 Å². The predicted molar refractivity (Wildman–Crippen MR) is 124 cm³/mol. The van der Waals surface area contributed by atoms with Crippen molar-refractivity contribution in [2.75, 3.05) is 0 Å². The molecular formula is C24H24N4O4S. The van der Waals surface area contributed by atoms with E-state index in [4.69, 9.17) is 4.74 Å². The molecule has 1 aliphatic heterocycles. The number of fused-ring (bicyclic) bond motifs is 1. The molecule has 0 bridgehead atoms. The van der Waals surface area contributed by atoms with Crippen LogP contribution < -0.4 is 14.8 Å². The zero-order valence-corrected chi connectivity index (χ0v) is 19.0. The van der Waals surface area contributed by atoms with Gasteiger partial charge in [0.1, 0.15) is 24.2 Å². The van der Waals surface area contributed by atoms with Gasteiger partial charge in [0.05, 0.1) is 16.6 Å². The molecule has 0 spiro atoms. The number of nitrogens with zero attached hydrogens (tertiary/aromatic N) is 2. The lowest BCUT2D eigenvalue weighted by molar-refractivity contribution is -0.122. The molecule has 3 aromatic rings. The number of amides is 1. The highest BCUT2D eigenvalue weighted by molar-refractivity contribution is 7.90. The van der Waals surface area contributed by atoms with Crippen LogP contribution in [-0.2, 0) is 21.4 Å². The van der Waals surface area contributed by atoms with Crippen molar-refractivity contribution in [3.05, 3.63) is 89.7 Å². The number of rotatable bonds is 7. The molecule has 1 unspecified atom stereocenters. The van der Waals surface area contributed by atoms with E-state index in [1.54, 1.807) is 31.3 Å². The summed E-state index contributed by atoms with van der Waals surface area (Å²) in [6.07, 6.45) is 1.71. The minimum Gasteiger partial charge on any atom is -0.487 e. The van der Waals surface area contributed by atoms with Crippen molar-refractivity contribution in [2.24, 2.45) is 4.99 Å². The first kappa shape index (κ1) is 22.5. The molecule has 1 aliphatic rings. The fourth-order valence-electron chi connectivity index (χ4n) is 3.41. The number of benzene rings is 2. The highest BCUT2D eigenvalue weighted by Crippen LogP contribution is 2.23. The average molecular weight is 465 g/mol. The van der Waals surface area contributed by atoms with Crippen LogP contribution in [0.2, 0.25) is 0 Å². The maximum absolute atomic E-state index is 12.7. The van der Waals surface area contributed by atoms with Gasteiger partial charge in [-0.1, -0.05) is 30.3 Å². The third-order valence-corrected chi connectivity index (χ3v) is 6.59. The Morgan fingerprint density at radius 1 is 1.09 bits per heavy atom. The van der Waals surface area contributed by atoms with Crippen molar-refractivity contribution >= 4 is 21.8 Å². The average Bonchev–Trinajstić information content (AvgIpc) is 3.08. The van der Waals surface area contributed by atoms with Crippen LogP contribution in [-0.4, -0.2) is 31.2 Å². The Balaban J connectivity index is 1.41. The highest BCUT2D eigenvalue weighted by atomic mass is 32.2. The van der Waals surface area contributed by atoms with Crippen LogP contribution in [0.4, 0.5) is 0 Å². The van der Waals surface area contributed by atoms with Gasteiger partial charge in [-0.25, -0.2) is 8.42 Å². The minimum atomic E-state index is -3.65. The smallest absolute Gasteiger partial charge is 0.263 e. The van der Waals surface area contributed by atoms with Gasteiger partial charge in [0.2, 0.25) is 5.91 Å². The van der Waals surface area contributed by atoms with E-state index >= 15 is 0 Å². The molecule has 2 heterocycles. The Bertz CT molecular complexity index is 1290. The summed E-state index contributed by atoms with van der Waals surface area (Å²) in [7, 11) is -3.65. The number of hydrogen-bond acceptors (Lipinski definition) is 6. The monoisotopic (exact) mass is 464 g/mol. The second-order valence-corrected chi connectivity index (χ2v) is 9.32. The molecule has 8 nitrogen and oxygen atoms in total. The Kier molecular flexibility index (Phi) is 6.41. The molecule has 0 saturated heterocycles. The second kappa shape index (κ2) is 9.41. The number of amidine groups is 1. The third kappa shape index (κ3) is 5.20. The maximum atomic E-state index is 12.7. The van der Waals surface area contributed by atoms with Crippen molar-refractivity contribution < 1.29 is 17.9 Å². The lowest BCUT2D eigenvalue weighted by Crippen LogP contribution is -2.35. The molecule has 33 heavy (non-hydrogen) atoms. The summed E-state index contributed by atoms with van der Waals surface area (Å²) in [6.45, 7) is 3.83. The standard InChI is InChI=1S/C24H24N4O4S/c1-16(18-8-7-10-20(14-18)32-15-19-9-5-6-13-25-19)27-24(29)17(2)26-23-21-11-3-4-12-22(21)33(30,31)28-23/h3-14,16-17H,15H2,1-2H3,(H,26,28)(H,27,29)/t16?,17-/m0/s1. The largest absolute Gasteiger partial charge is 0.487 e. The Hall–Kier alpha value is -3.72. The van der Waals surface area contributed by atoms with Crippen LogP contribution in [0.25, 0.3) is 0 Å². The minimum absolute atomic E-state index is 0.159. The number of ether oxygens (including phenoxy) is 1. The summed E-state index contributed by atoms with van der Waals surface area (Å²) in [5.74, 6) is 0.522. The summed E-state index contributed by atoms with van der Waals surface area (Å²) in [5, 5.41) is 2.92. The molecule has 1 amide bonds. The third-order valence-electron chi connectivity index (χ3n) is 5.19. The molecule has 2 N–H and O–H groups in total. The lowest BCUT2D eigenvalue weighted by atomic mass is 10.1. The van der Waals surface area contributed by atoms with Gasteiger partial charge in [-0.2, -0.15) is 0 Å². The fourth-order valence-corrected chi connectivity index (χ4v) is 4.65. The number of hydrogen-bond donors (Lipinski definition) is 2. The molecule has 0 saturated carbocycles. The molecule has 2 atom stereocenters. The molecule has 4 rings (SSSR count). The molecular weight excluding hydrogens is 440 g/mol. The first-order chi connectivity index (χ1) is 15.8. The normalized spacial score (nSPS) is 17.0. The van der Waals surface area contributed by atoms with Gasteiger partial charge in [0.15, 0.2) is 0 Å². The van der Waals surface area contributed by atoms with Gasteiger partial charge in [0, 0.05) is 11.8 Å². The van der Waals surface area contributed by atoms with Crippen LogP contribution in [0, 0.1) is 0 Å². The molecule has 0 fully saturated rings. The topological polar surface area (TPSA) is 110 Å². The highest BCUT2D eigenvalue weighted by Gasteiger charge is 2.31. The molecule has 0 radical (unpaired) electrons. The zero-order valence-electron chi connectivity index (χ0n) is 18.2. The maximum Gasteiger partial charge on any atom is 0.263 e.